The number of nitrogens with zero attached hydrogens (tertiary/aromatic N) is 4. The molecule has 5 nitrogen and oxygen atoms in total. The number of hydrogen-bond donors (Lipinski definition) is 1. The number of pyridine rings is 1. The third kappa shape index (κ3) is 5.39. The van der Waals surface area contributed by atoms with Crippen LogP contribution < -0.4 is 5.32 Å². The fourth-order valence-corrected chi connectivity index (χ4v) is 4.44. The van der Waals surface area contributed by atoms with E-state index in [0.717, 1.165) is 31.9 Å². The summed E-state index contributed by atoms with van der Waals surface area (Å²) in [5.74, 6) is 0.917. The highest BCUT2D eigenvalue weighted by atomic mass is 127. The molecule has 0 fully saturated rings. The fourth-order valence-electron chi connectivity index (χ4n) is 3.23. The van der Waals surface area contributed by atoms with Crippen molar-refractivity contribution in [2.45, 2.75) is 45.6 Å². The Hall–Kier alpha value is -1.22. The molecule has 0 saturated carbocycles. The van der Waals surface area contributed by atoms with E-state index in [1.54, 1.807) is 0 Å². The van der Waals surface area contributed by atoms with Crippen LogP contribution in [0.25, 0.3) is 0 Å². The zero-order valence-corrected chi connectivity index (χ0v) is 18.9. The zero-order valence-electron chi connectivity index (χ0n) is 15.8. The molecule has 0 unspecified atom stereocenters. The van der Waals surface area contributed by atoms with Gasteiger partial charge in [-0.2, -0.15) is 0 Å². The molecule has 2 heterocycles. The highest BCUT2D eigenvalue weighted by Crippen LogP contribution is 2.27. The van der Waals surface area contributed by atoms with Crippen molar-refractivity contribution in [1.29, 1.82) is 0 Å². The lowest BCUT2D eigenvalue weighted by Crippen LogP contribution is -2.39. The second-order valence-corrected chi connectivity index (χ2v) is 7.73. The zero-order chi connectivity index (χ0) is 17.6. The smallest absolute Gasteiger partial charge is 0.193 e. The van der Waals surface area contributed by atoms with Crippen LogP contribution in [0.3, 0.4) is 0 Å². The number of thiazole rings is 1. The summed E-state index contributed by atoms with van der Waals surface area (Å²) in [5, 5.41) is 4.66. The van der Waals surface area contributed by atoms with E-state index in [9.17, 15) is 0 Å². The van der Waals surface area contributed by atoms with Gasteiger partial charge in [0.1, 0.15) is 5.01 Å². The van der Waals surface area contributed by atoms with Crippen molar-refractivity contribution in [3.8, 4) is 0 Å². The Morgan fingerprint density at radius 3 is 2.88 bits per heavy atom. The van der Waals surface area contributed by atoms with Gasteiger partial charge < -0.3 is 10.2 Å². The lowest BCUT2D eigenvalue weighted by molar-refractivity contribution is 0.475. The minimum Gasteiger partial charge on any atom is -0.356 e. The van der Waals surface area contributed by atoms with Gasteiger partial charge in [0, 0.05) is 37.9 Å². The fraction of sp³-hybridized carbons (Fsp3) is 0.526. The first-order chi connectivity index (χ1) is 12.2. The van der Waals surface area contributed by atoms with Gasteiger partial charge in [-0.1, -0.05) is 0 Å². The van der Waals surface area contributed by atoms with Crippen LogP contribution >= 0.6 is 35.3 Å². The Bertz CT molecular complexity index is 720. The number of aliphatic imine (C=N–C) groups is 1. The molecule has 0 saturated heterocycles. The third-order valence-corrected chi connectivity index (χ3v) is 5.79. The van der Waals surface area contributed by atoms with E-state index >= 15 is 0 Å². The molecule has 1 N–H and O–H groups in total. The summed E-state index contributed by atoms with van der Waals surface area (Å²) >= 11 is 1.87. The molecule has 0 aliphatic heterocycles. The predicted octanol–water partition coefficient (Wildman–Crippen LogP) is 3.59. The van der Waals surface area contributed by atoms with E-state index in [0.29, 0.717) is 0 Å². The SMILES string of the molecule is CN=C(NCCc1ccncc1C)N(C)Cc1nc2c(s1)CCCC2.I. The number of rotatable bonds is 5. The van der Waals surface area contributed by atoms with E-state index in [1.165, 1.54) is 46.0 Å². The van der Waals surface area contributed by atoms with E-state index in [-0.39, 0.29) is 24.0 Å². The lowest BCUT2D eigenvalue weighted by Gasteiger charge is -2.21. The molecule has 2 aromatic rings. The van der Waals surface area contributed by atoms with E-state index < -0.39 is 0 Å². The summed E-state index contributed by atoms with van der Waals surface area (Å²) < 4.78 is 0. The van der Waals surface area contributed by atoms with Crippen LogP contribution in [0.1, 0.15) is 39.5 Å². The molecule has 0 spiro atoms. The van der Waals surface area contributed by atoms with Gasteiger partial charge in [0.15, 0.2) is 5.96 Å². The summed E-state index contributed by atoms with van der Waals surface area (Å²) in [6, 6.07) is 2.09. The molecule has 0 aromatic carbocycles. The number of hydrogen-bond acceptors (Lipinski definition) is 4. The maximum absolute atomic E-state index is 4.83. The molecular formula is C19H28IN5S. The van der Waals surface area contributed by atoms with Gasteiger partial charge in [0.25, 0.3) is 0 Å². The minimum atomic E-state index is 0. The molecule has 1 aliphatic carbocycles. The first kappa shape index (κ1) is 21.1. The summed E-state index contributed by atoms with van der Waals surface area (Å²) in [6.07, 6.45) is 9.68. The Morgan fingerprint density at radius 2 is 2.15 bits per heavy atom. The van der Waals surface area contributed by atoms with Gasteiger partial charge in [-0.15, -0.1) is 35.3 Å². The quantitative estimate of drug-likeness (QED) is 0.400. The highest BCUT2D eigenvalue weighted by molar-refractivity contribution is 14.0. The molecule has 0 radical (unpaired) electrons. The molecule has 26 heavy (non-hydrogen) atoms. The normalized spacial score (nSPS) is 13.7. The molecule has 1 aliphatic rings. The van der Waals surface area contributed by atoms with Crippen LogP contribution in [0.5, 0.6) is 0 Å². The van der Waals surface area contributed by atoms with Crippen LogP contribution in [0.15, 0.2) is 23.5 Å². The van der Waals surface area contributed by atoms with Crippen LogP contribution in [0.2, 0.25) is 0 Å². The summed E-state index contributed by atoms with van der Waals surface area (Å²) in [6.45, 7) is 3.77. The predicted molar refractivity (Wildman–Crippen MR) is 120 cm³/mol. The number of nitrogens with one attached hydrogen (secondary N) is 1. The van der Waals surface area contributed by atoms with Gasteiger partial charge in [-0.3, -0.25) is 9.98 Å². The molecule has 0 atom stereocenters. The summed E-state index contributed by atoms with van der Waals surface area (Å²) in [4.78, 5) is 17.0. The maximum Gasteiger partial charge on any atom is 0.193 e. The average molecular weight is 485 g/mol. The third-order valence-electron chi connectivity index (χ3n) is 4.65. The number of aryl methyl sites for hydroxylation is 3. The van der Waals surface area contributed by atoms with Crippen molar-refractivity contribution in [2.24, 2.45) is 4.99 Å². The molecule has 7 heteroatoms. The molecule has 2 aromatic heterocycles. The molecule has 142 valence electrons. The molecule has 0 amide bonds. The van der Waals surface area contributed by atoms with E-state index in [2.05, 4.69) is 40.2 Å². The van der Waals surface area contributed by atoms with Gasteiger partial charge in [0.05, 0.1) is 12.2 Å². The molecule has 0 bridgehead atoms. The number of guanidine groups is 1. The Labute approximate surface area is 177 Å². The Kier molecular flexibility index (Phi) is 8.27. The van der Waals surface area contributed by atoms with Crippen molar-refractivity contribution < 1.29 is 0 Å². The maximum atomic E-state index is 4.83. The van der Waals surface area contributed by atoms with Gasteiger partial charge in [0.2, 0.25) is 0 Å². The minimum absolute atomic E-state index is 0. The van der Waals surface area contributed by atoms with Crippen LogP contribution in [0.4, 0.5) is 0 Å². The van der Waals surface area contributed by atoms with Crippen molar-refractivity contribution in [3.05, 3.63) is 45.2 Å². The highest BCUT2D eigenvalue weighted by Gasteiger charge is 2.16. The Morgan fingerprint density at radius 1 is 1.35 bits per heavy atom. The van der Waals surface area contributed by atoms with Gasteiger partial charge >= 0.3 is 0 Å². The largest absolute Gasteiger partial charge is 0.356 e. The van der Waals surface area contributed by atoms with Crippen molar-refractivity contribution in [3.63, 3.8) is 0 Å². The topological polar surface area (TPSA) is 53.4 Å². The van der Waals surface area contributed by atoms with E-state index in [4.69, 9.17) is 4.98 Å². The molecule has 3 rings (SSSR count). The first-order valence-electron chi connectivity index (χ1n) is 8.96. The van der Waals surface area contributed by atoms with Gasteiger partial charge in [-0.25, -0.2) is 4.98 Å². The summed E-state index contributed by atoms with van der Waals surface area (Å²) in [5.41, 5.74) is 3.89. The van der Waals surface area contributed by atoms with Crippen molar-refractivity contribution in [1.82, 2.24) is 20.2 Å². The summed E-state index contributed by atoms with van der Waals surface area (Å²) in [7, 11) is 3.91. The van der Waals surface area contributed by atoms with Crippen LogP contribution in [0, 0.1) is 6.92 Å². The second kappa shape index (κ2) is 10.2. The molecular weight excluding hydrogens is 457 g/mol. The monoisotopic (exact) mass is 485 g/mol. The number of aromatic nitrogens is 2. The first-order valence-corrected chi connectivity index (χ1v) is 9.77. The van der Waals surface area contributed by atoms with Crippen molar-refractivity contribution >= 4 is 41.3 Å². The van der Waals surface area contributed by atoms with Crippen molar-refractivity contribution in [2.75, 3.05) is 20.6 Å². The van der Waals surface area contributed by atoms with Crippen LogP contribution in [-0.4, -0.2) is 41.5 Å². The Balaban J connectivity index is 0.00000243. The van der Waals surface area contributed by atoms with Crippen LogP contribution in [-0.2, 0) is 25.8 Å². The van der Waals surface area contributed by atoms with E-state index in [1.807, 2.05) is 30.8 Å². The second-order valence-electron chi connectivity index (χ2n) is 6.57. The number of fused-ring (bicyclic) bond motifs is 1. The number of halogens is 1. The standard InChI is InChI=1S/C19H27N5S.HI/c1-14-12-21-10-8-15(14)9-11-22-19(20-2)24(3)13-18-23-16-6-4-5-7-17(16)25-18;/h8,10,12H,4-7,9,11,13H2,1-3H3,(H,20,22);1H. The van der Waals surface area contributed by atoms with Gasteiger partial charge in [-0.05, 0) is 56.2 Å². The lowest BCUT2D eigenvalue weighted by atomic mass is 10.0. The average Bonchev–Trinajstić information content (AvgIpc) is 3.02.